The number of nitriles is 1. The minimum absolute atomic E-state index is 0.0959. The number of carbonyl (C=O) groups is 2. The Morgan fingerprint density at radius 2 is 1.79 bits per heavy atom. The van der Waals surface area contributed by atoms with Gasteiger partial charge in [-0.05, 0) is 36.4 Å². The van der Waals surface area contributed by atoms with Crippen LogP contribution < -0.4 is 5.32 Å². The van der Waals surface area contributed by atoms with Gasteiger partial charge in [-0.2, -0.15) is 5.26 Å². The molecule has 3 aromatic rings. The number of aromatic nitrogens is 1. The number of esters is 1. The molecule has 1 heterocycles. The Morgan fingerprint density at radius 1 is 1.07 bits per heavy atom. The summed E-state index contributed by atoms with van der Waals surface area (Å²) in [5.41, 5.74) is 3.07. The highest BCUT2D eigenvalue weighted by Gasteiger charge is 2.11. The van der Waals surface area contributed by atoms with E-state index in [1.165, 1.54) is 18.9 Å². The van der Waals surface area contributed by atoms with E-state index in [1.54, 1.807) is 36.4 Å². The van der Waals surface area contributed by atoms with Gasteiger partial charge in [0.05, 0.1) is 29.7 Å². The lowest BCUT2D eigenvalue weighted by Crippen LogP contribution is -2.14. The van der Waals surface area contributed by atoms with Gasteiger partial charge in [0.2, 0.25) is 5.91 Å². The van der Waals surface area contributed by atoms with Gasteiger partial charge in [0.25, 0.3) is 0 Å². The maximum absolute atomic E-state index is 12.3. The standard InChI is InChI=1S/C22H17N3O3S/c1-28-22(27)16-7-10-18(11-8-16)24-20(26)14-29-21-17(13-23)9-12-19(25-21)15-5-3-2-4-6-15/h2-12H,14H2,1H3,(H,24,26). The van der Waals surface area contributed by atoms with Crippen molar-refractivity contribution in [3.8, 4) is 17.3 Å². The number of ether oxygens (including phenoxy) is 1. The largest absolute Gasteiger partial charge is 0.465 e. The van der Waals surface area contributed by atoms with Crippen LogP contribution in [0.5, 0.6) is 0 Å². The molecule has 6 nitrogen and oxygen atoms in total. The first-order chi connectivity index (χ1) is 14.1. The van der Waals surface area contributed by atoms with Crippen LogP contribution in [0.2, 0.25) is 0 Å². The zero-order valence-electron chi connectivity index (χ0n) is 15.6. The average Bonchev–Trinajstić information content (AvgIpc) is 2.78. The van der Waals surface area contributed by atoms with Crippen LogP contribution in [0.4, 0.5) is 5.69 Å². The fourth-order valence-electron chi connectivity index (χ4n) is 2.54. The van der Waals surface area contributed by atoms with Crippen molar-refractivity contribution in [2.75, 3.05) is 18.2 Å². The molecule has 0 atom stereocenters. The van der Waals surface area contributed by atoms with E-state index >= 15 is 0 Å². The number of thioether (sulfide) groups is 1. The number of amides is 1. The summed E-state index contributed by atoms with van der Waals surface area (Å²) in [6.07, 6.45) is 0. The summed E-state index contributed by atoms with van der Waals surface area (Å²) < 4.78 is 4.65. The monoisotopic (exact) mass is 403 g/mol. The van der Waals surface area contributed by atoms with E-state index in [0.29, 0.717) is 21.8 Å². The van der Waals surface area contributed by atoms with Crippen molar-refractivity contribution in [1.29, 1.82) is 5.26 Å². The third-order valence-electron chi connectivity index (χ3n) is 3.98. The van der Waals surface area contributed by atoms with Gasteiger partial charge in [-0.25, -0.2) is 9.78 Å². The van der Waals surface area contributed by atoms with Crippen LogP contribution in [-0.2, 0) is 9.53 Å². The summed E-state index contributed by atoms with van der Waals surface area (Å²) in [6.45, 7) is 0. The van der Waals surface area contributed by atoms with E-state index < -0.39 is 5.97 Å². The lowest BCUT2D eigenvalue weighted by atomic mass is 10.1. The topological polar surface area (TPSA) is 92.1 Å². The number of benzene rings is 2. The van der Waals surface area contributed by atoms with Crippen LogP contribution >= 0.6 is 11.8 Å². The lowest BCUT2D eigenvalue weighted by molar-refractivity contribution is -0.113. The molecular weight excluding hydrogens is 386 g/mol. The van der Waals surface area contributed by atoms with Gasteiger partial charge in [0.15, 0.2) is 0 Å². The normalized spacial score (nSPS) is 10.1. The molecule has 144 valence electrons. The summed E-state index contributed by atoms with van der Waals surface area (Å²) in [5.74, 6) is -0.581. The second kappa shape index (κ2) is 9.53. The van der Waals surface area contributed by atoms with E-state index in [0.717, 1.165) is 11.3 Å². The smallest absolute Gasteiger partial charge is 0.337 e. The molecule has 0 aliphatic rings. The molecule has 1 amide bonds. The van der Waals surface area contributed by atoms with E-state index in [9.17, 15) is 14.9 Å². The number of nitrogens with zero attached hydrogens (tertiary/aromatic N) is 2. The van der Waals surface area contributed by atoms with Gasteiger partial charge >= 0.3 is 5.97 Å². The SMILES string of the molecule is COC(=O)c1ccc(NC(=O)CSc2nc(-c3ccccc3)ccc2C#N)cc1. The van der Waals surface area contributed by atoms with Crippen LogP contribution in [0.3, 0.4) is 0 Å². The van der Waals surface area contributed by atoms with E-state index in [-0.39, 0.29) is 11.7 Å². The maximum Gasteiger partial charge on any atom is 0.337 e. The van der Waals surface area contributed by atoms with Crippen molar-refractivity contribution >= 4 is 29.3 Å². The zero-order valence-corrected chi connectivity index (χ0v) is 16.4. The first kappa shape index (κ1) is 20.1. The van der Waals surface area contributed by atoms with Gasteiger partial charge in [-0.1, -0.05) is 42.1 Å². The van der Waals surface area contributed by atoms with Crippen molar-refractivity contribution in [2.24, 2.45) is 0 Å². The van der Waals surface area contributed by atoms with Crippen molar-refractivity contribution < 1.29 is 14.3 Å². The Bertz CT molecular complexity index is 1060. The number of rotatable bonds is 6. The Hall–Kier alpha value is -3.63. The van der Waals surface area contributed by atoms with E-state index in [2.05, 4.69) is 21.1 Å². The molecule has 1 aromatic heterocycles. The number of pyridine rings is 1. The van der Waals surface area contributed by atoms with Crippen molar-refractivity contribution in [3.05, 3.63) is 77.9 Å². The Balaban J connectivity index is 1.66. The molecule has 0 saturated carbocycles. The maximum atomic E-state index is 12.3. The van der Waals surface area contributed by atoms with Crippen molar-refractivity contribution in [3.63, 3.8) is 0 Å². The number of hydrogen-bond donors (Lipinski definition) is 1. The Kier molecular flexibility index (Phi) is 6.61. The van der Waals surface area contributed by atoms with Crippen LogP contribution in [0, 0.1) is 11.3 Å². The highest BCUT2D eigenvalue weighted by Crippen LogP contribution is 2.25. The molecule has 3 rings (SSSR count). The average molecular weight is 403 g/mol. The number of nitrogens with one attached hydrogen (secondary N) is 1. The number of carbonyl (C=O) groups excluding carboxylic acids is 2. The molecular formula is C22H17N3O3S. The van der Waals surface area contributed by atoms with E-state index in [4.69, 9.17) is 0 Å². The Morgan fingerprint density at radius 3 is 2.45 bits per heavy atom. The van der Waals surface area contributed by atoms with Crippen LogP contribution in [-0.4, -0.2) is 29.7 Å². The van der Waals surface area contributed by atoms with Gasteiger partial charge in [-0.15, -0.1) is 0 Å². The van der Waals surface area contributed by atoms with Crippen molar-refractivity contribution in [2.45, 2.75) is 5.03 Å². The summed E-state index contributed by atoms with van der Waals surface area (Å²) in [6, 6.07) is 21.7. The summed E-state index contributed by atoms with van der Waals surface area (Å²) >= 11 is 1.20. The summed E-state index contributed by atoms with van der Waals surface area (Å²) in [5, 5.41) is 12.6. The second-order valence-electron chi connectivity index (χ2n) is 5.93. The number of anilines is 1. The molecule has 0 unspecified atom stereocenters. The van der Waals surface area contributed by atoms with Crippen LogP contribution in [0.1, 0.15) is 15.9 Å². The first-order valence-electron chi connectivity index (χ1n) is 8.68. The van der Waals surface area contributed by atoms with E-state index in [1.807, 2.05) is 30.3 Å². The fraction of sp³-hybridized carbons (Fsp3) is 0.0909. The summed E-state index contributed by atoms with van der Waals surface area (Å²) in [4.78, 5) is 28.3. The minimum atomic E-state index is -0.438. The summed E-state index contributed by atoms with van der Waals surface area (Å²) in [7, 11) is 1.31. The predicted molar refractivity (Wildman–Crippen MR) is 112 cm³/mol. The molecule has 2 aromatic carbocycles. The Labute approximate surface area is 172 Å². The number of methoxy groups -OCH3 is 1. The van der Waals surface area contributed by atoms with Crippen molar-refractivity contribution in [1.82, 2.24) is 4.98 Å². The van der Waals surface area contributed by atoms with Gasteiger partial charge in [0, 0.05) is 11.3 Å². The predicted octanol–water partition coefficient (Wildman–Crippen LogP) is 4.14. The molecule has 0 aliphatic carbocycles. The fourth-order valence-corrected chi connectivity index (χ4v) is 3.32. The van der Waals surface area contributed by atoms with Gasteiger partial charge in [0.1, 0.15) is 11.1 Å². The lowest BCUT2D eigenvalue weighted by Gasteiger charge is -2.08. The quantitative estimate of drug-likeness (QED) is 0.491. The van der Waals surface area contributed by atoms with Crippen LogP contribution in [0.25, 0.3) is 11.3 Å². The molecule has 0 bridgehead atoms. The number of hydrogen-bond acceptors (Lipinski definition) is 6. The third-order valence-corrected chi connectivity index (χ3v) is 4.97. The molecule has 7 heteroatoms. The molecule has 0 radical (unpaired) electrons. The van der Waals surface area contributed by atoms with Gasteiger partial charge < -0.3 is 10.1 Å². The first-order valence-corrected chi connectivity index (χ1v) is 9.67. The zero-order chi connectivity index (χ0) is 20.6. The molecule has 0 aliphatic heterocycles. The molecule has 0 fully saturated rings. The highest BCUT2D eigenvalue weighted by molar-refractivity contribution is 8.00. The third kappa shape index (κ3) is 5.21. The molecule has 0 saturated heterocycles. The molecule has 0 spiro atoms. The minimum Gasteiger partial charge on any atom is -0.465 e. The second-order valence-corrected chi connectivity index (χ2v) is 6.90. The van der Waals surface area contributed by atoms with Gasteiger partial charge in [-0.3, -0.25) is 4.79 Å². The molecule has 1 N–H and O–H groups in total. The molecule has 29 heavy (non-hydrogen) atoms. The highest BCUT2D eigenvalue weighted by atomic mass is 32.2. The van der Waals surface area contributed by atoms with Crippen LogP contribution in [0.15, 0.2) is 71.8 Å².